The number of aromatic nitrogens is 1. The van der Waals surface area contributed by atoms with E-state index in [0.717, 1.165) is 11.4 Å². The molecule has 1 N–H and O–H groups in total. The van der Waals surface area contributed by atoms with Crippen molar-refractivity contribution >= 4 is 17.2 Å². The quantitative estimate of drug-likeness (QED) is 0.929. The van der Waals surface area contributed by atoms with Crippen molar-refractivity contribution < 1.29 is 13.9 Å². The van der Waals surface area contributed by atoms with E-state index in [0.29, 0.717) is 22.6 Å². The second kappa shape index (κ2) is 5.98. The largest absolute Gasteiger partial charge is 0.467 e. The molecule has 2 bridgehead atoms. The van der Waals surface area contributed by atoms with Crippen LogP contribution in [0.4, 0.5) is 0 Å². The predicted molar refractivity (Wildman–Crippen MR) is 86.8 cm³/mol. The zero-order valence-electron chi connectivity index (χ0n) is 12.9. The van der Waals surface area contributed by atoms with Crippen molar-refractivity contribution in [1.29, 1.82) is 0 Å². The lowest BCUT2D eigenvalue weighted by Crippen LogP contribution is -2.57. The second-order valence-electron chi connectivity index (χ2n) is 6.07. The fourth-order valence-corrected chi connectivity index (χ4v) is 4.25. The molecular formula is C16H19N3O3S. The molecule has 3 saturated heterocycles. The van der Waals surface area contributed by atoms with E-state index in [9.17, 15) is 4.79 Å². The van der Waals surface area contributed by atoms with Crippen LogP contribution in [-0.4, -0.2) is 48.6 Å². The Balaban J connectivity index is 1.45. The minimum absolute atomic E-state index is 0.00137. The van der Waals surface area contributed by atoms with Gasteiger partial charge in [-0.1, -0.05) is 0 Å². The van der Waals surface area contributed by atoms with Crippen molar-refractivity contribution in [2.75, 3.05) is 26.7 Å². The Kier molecular flexibility index (Phi) is 3.82. The van der Waals surface area contributed by atoms with Crippen molar-refractivity contribution in [3.8, 4) is 16.7 Å². The molecule has 0 saturated carbocycles. The summed E-state index contributed by atoms with van der Waals surface area (Å²) in [7, 11) is 1.53. The summed E-state index contributed by atoms with van der Waals surface area (Å²) in [5, 5.41) is 3.20. The highest BCUT2D eigenvalue weighted by atomic mass is 32.1. The SMILES string of the molecule is COc1cnc(-c2ccc(C(=O)NC3CN4CCC3CC4)s2)o1. The number of amides is 1. The van der Waals surface area contributed by atoms with Crippen molar-refractivity contribution in [2.24, 2.45) is 5.92 Å². The van der Waals surface area contributed by atoms with Gasteiger partial charge in [-0.25, -0.2) is 4.98 Å². The van der Waals surface area contributed by atoms with Crippen LogP contribution in [-0.2, 0) is 0 Å². The minimum Gasteiger partial charge on any atom is -0.467 e. The molecule has 23 heavy (non-hydrogen) atoms. The number of nitrogens with zero attached hydrogens (tertiary/aromatic N) is 2. The average molecular weight is 333 g/mol. The molecule has 5 rings (SSSR count). The molecule has 5 heterocycles. The number of ether oxygens (including phenoxy) is 1. The minimum atomic E-state index is -0.00137. The summed E-state index contributed by atoms with van der Waals surface area (Å²) >= 11 is 1.39. The van der Waals surface area contributed by atoms with Gasteiger partial charge in [0.25, 0.3) is 5.91 Å². The number of carbonyl (C=O) groups excluding carboxylic acids is 1. The second-order valence-corrected chi connectivity index (χ2v) is 7.15. The van der Waals surface area contributed by atoms with Gasteiger partial charge in [-0.15, -0.1) is 11.3 Å². The van der Waals surface area contributed by atoms with E-state index in [-0.39, 0.29) is 11.9 Å². The monoisotopic (exact) mass is 333 g/mol. The smallest absolute Gasteiger partial charge is 0.305 e. The van der Waals surface area contributed by atoms with Gasteiger partial charge in [0.15, 0.2) is 0 Å². The molecule has 6 nitrogen and oxygen atoms in total. The fraction of sp³-hybridized carbons (Fsp3) is 0.500. The molecular weight excluding hydrogens is 314 g/mol. The van der Waals surface area contributed by atoms with Gasteiger partial charge >= 0.3 is 5.95 Å². The van der Waals surface area contributed by atoms with Crippen LogP contribution in [0.25, 0.3) is 10.8 Å². The zero-order valence-corrected chi connectivity index (χ0v) is 13.8. The Morgan fingerprint density at radius 3 is 2.91 bits per heavy atom. The molecule has 3 aliphatic heterocycles. The third kappa shape index (κ3) is 2.86. The summed E-state index contributed by atoms with van der Waals surface area (Å²) in [6, 6.07) is 3.96. The van der Waals surface area contributed by atoms with Gasteiger partial charge in [0.2, 0.25) is 5.89 Å². The number of rotatable bonds is 4. The maximum absolute atomic E-state index is 12.5. The van der Waals surface area contributed by atoms with E-state index < -0.39 is 0 Å². The Morgan fingerprint density at radius 1 is 1.43 bits per heavy atom. The molecule has 0 spiro atoms. The standard InChI is InChI=1S/C16H19N3O3S/c1-21-14-8-17-16(22-14)13-3-2-12(23-13)15(20)18-11-9-19-6-4-10(11)5-7-19/h2-3,8,10-11H,4-7,9H2,1H3,(H,18,20). The number of thiophene rings is 1. The van der Waals surface area contributed by atoms with Crippen molar-refractivity contribution in [3.05, 3.63) is 23.2 Å². The number of nitrogens with one attached hydrogen (secondary N) is 1. The van der Waals surface area contributed by atoms with E-state index in [1.54, 1.807) is 0 Å². The summed E-state index contributed by atoms with van der Waals surface area (Å²) in [5.74, 6) is 1.47. The number of oxazole rings is 1. The Hall–Kier alpha value is -1.86. The number of hydrogen-bond acceptors (Lipinski definition) is 6. The van der Waals surface area contributed by atoms with Crippen LogP contribution in [0, 0.1) is 5.92 Å². The van der Waals surface area contributed by atoms with Crippen LogP contribution in [0.3, 0.4) is 0 Å². The number of methoxy groups -OCH3 is 1. The topological polar surface area (TPSA) is 67.6 Å². The molecule has 2 aromatic rings. The predicted octanol–water partition coefficient (Wildman–Crippen LogP) is 2.24. The van der Waals surface area contributed by atoms with Crippen LogP contribution in [0.15, 0.2) is 22.7 Å². The highest BCUT2D eigenvalue weighted by Gasteiger charge is 2.35. The number of fused-ring (bicyclic) bond motifs is 3. The summed E-state index contributed by atoms with van der Waals surface area (Å²) < 4.78 is 10.4. The van der Waals surface area contributed by atoms with E-state index in [1.165, 1.54) is 50.6 Å². The van der Waals surface area contributed by atoms with E-state index in [4.69, 9.17) is 9.15 Å². The van der Waals surface area contributed by atoms with Gasteiger partial charge < -0.3 is 19.4 Å². The lowest BCUT2D eigenvalue weighted by atomic mass is 9.84. The van der Waals surface area contributed by atoms with Crippen LogP contribution in [0.5, 0.6) is 5.95 Å². The lowest BCUT2D eigenvalue weighted by molar-refractivity contribution is 0.0622. The van der Waals surface area contributed by atoms with Crippen molar-refractivity contribution in [3.63, 3.8) is 0 Å². The maximum atomic E-state index is 12.5. The zero-order chi connectivity index (χ0) is 15.8. The van der Waals surface area contributed by atoms with Crippen molar-refractivity contribution in [1.82, 2.24) is 15.2 Å². The summed E-state index contributed by atoms with van der Waals surface area (Å²) in [6.45, 7) is 3.32. The van der Waals surface area contributed by atoms with Crippen LogP contribution in [0.1, 0.15) is 22.5 Å². The van der Waals surface area contributed by atoms with E-state index in [1.807, 2.05) is 12.1 Å². The van der Waals surface area contributed by atoms with Crippen molar-refractivity contribution in [2.45, 2.75) is 18.9 Å². The lowest BCUT2D eigenvalue weighted by Gasteiger charge is -2.44. The van der Waals surface area contributed by atoms with Crippen LogP contribution < -0.4 is 10.1 Å². The molecule has 0 aromatic carbocycles. The Labute approximate surface area is 138 Å². The first-order valence-electron chi connectivity index (χ1n) is 7.86. The third-order valence-corrected chi connectivity index (χ3v) is 5.77. The molecule has 1 atom stereocenters. The van der Waals surface area contributed by atoms with E-state index in [2.05, 4.69) is 15.2 Å². The number of carbonyl (C=O) groups is 1. The first-order valence-corrected chi connectivity index (χ1v) is 8.68. The van der Waals surface area contributed by atoms with E-state index >= 15 is 0 Å². The molecule has 3 fully saturated rings. The fourth-order valence-electron chi connectivity index (χ4n) is 3.41. The van der Waals surface area contributed by atoms with Gasteiger partial charge in [-0.3, -0.25) is 4.79 Å². The molecule has 7 heteroatoms. The third-order valence-electron chi connectivity index (χ3n) is 4.70. The first-order chi connectivity index (χ1) is 11.2. The number of piperidine rings is 3. The van der Waals surface area contributed by atoms with Gasteiger partial charge in [0.05, 0.1) is 16.9 Å². The molecule has 0 radical (unpaired) electrons. The van der Waals surface area contributed by atoms with Crippen LogP contribution >= 0.6 is 11.3 Å². The highest BCUT2D eigenvalue weighted by Crippen LogP contribution is 2.31. The molecule has 1 amide bonds. The van der Waals surface area contributed by atoms with Crippen LogP contribution in [0.2, 0.25) is 0 Å². The molecule has 0 aliphatic carbocycles. The van der Waals surface area contributed by atoms with Gasteiger partial charge in [-0.05, 0) is 44.0 Å². The average Bonchev–Trinajstić information content (AvgIpc) is 3.25. The maximum Gasteiger partial charge on any atom is 0.305 e. The summed E-state index contributed by atoms with van der Waals surface area (Å²) in [4.78, 5) is 20.6. The Morgan fingerprint density at radius 2 is 2.26 bits per heavy atom. The molecule has 3 aliphatic rings. The Bertz CT molecular complexity index is 703. The van der Waals surface area contributed by atoms with Gasteiger partial charge in [0, 0.05) is 12.6 Å². The summed E-state index contributed by atoms with van der Waals surface area (Å²) in [6.07, 6.45) is 3.91. The number of hydrogen-bond donors (Lipinski definition) is 1. The molecule has 2 aromatic heterocycles. The first kappa shape index (κ1) is 14.7. The molecule has 1 unspecified atom stereocenters. The highest BCUT2D eigenvalue weighted by molar-refractivity contribution is 7.17. The molecule has 122 valence electrons. The van der Waals surface area contributed by atoms with Gasteiger partial charge in [0.1, 0.15) is 6.20 Å². The van der Waals surface area contributed by atoms with Gasteiger partial charge in [-0.2, -0.15) is 0 Å². The summed E-state index contributed by atoms with van der Waals surface area (Å²) in [5.41, 5.74) is 0. The normalized spacial score (nSPS) is 26.2.